The molecule has 4 heterocycles. The molecule has 4 fully saturated rings. The second-order valence-corrected chi connectivity index (χ2v) is 9.18. The summed E-state index contributed by atoms with van der Waals surface area (Å²) in [6.07, 6.45) is 5.52. The molecule has 1 aliphatic carbocycles. The fraction of sp³-hybridized carbons (Fsp3) is 0.591. The second kappa shape index (κ2) is 6.92. The number of piperidine rings is 3. The minimum atomic E-state index is -0.563. The number of rotatable bonds is 4. The van der Waals surface area contributed by atoms with Crippen LogP contribution in [0, 0.1) is 5.41 Å². The summed E-state index contributed by atoms with van der Waals surface area (Å²) >= 11 is 0. The Morgan fingerprint density at radius 1 is 1.14 bits per heavy atom. The summed E-state index contributed by atoms with van der Waals surface area (Å²) in [7, 11) is 0. The lowest BCUT2D eigenvalue weighted by molar-refractivity contribution is -0.136. The van der Waals surface area contributed by atoms with Gasteiger partial charge in [-0.25, -0.2) is 0 Å². The van der Waals surface area contributed by atoms with Gasteiger partial charge in [0, 0.05) is 37.7 Å². The molecule has 1 aromatic carbocycles. The van der Waals surface area contributed by atoms with Crippen LogP contribution in [0.4, 0.5) is 0 Å². The zero-order chi connectivity index (χ0) is 20.2. The zero-order valence-electron chi connectivity index (χ0n) is 16.7. The summed E-state index contributed by atoms with van der Waals surface area (Å²) in [6.45, 7) is 3.04. The Bertz CT molecular complexity index is 875. The van der Waals surface area contributed by atoms with Gasteiger partial charge in [-0.1, -0.05) is 12.1 Å². The largest absolute Gasteiger partial charge is 0.330 e. The molecular weight excluding hydrogens is 368 g/mol. The molecule has 3 saturated heterocycles. The van der Waals surface area contributed by atoms with E-state index < -0.39 is 6.04 Å². The van der Waals surface area contributed by atoms with Crippen molar-refractivity contribution in [2.24, 2.45) is 11.1 Å². The molecule has 2 bridgehead atoms. The van der Waals surface area contributed by atoms with Gasteiger partial charge in [-0.2, -0.15) is 0 Å². The number of carbonyl (C=O) groups excluding carboxylic acids is 3. The highest BCUT2D eigenvalue weighted by atomic mass is 16.2. The summed E-state index contributed by atoms with van der Waals surface area (Å²) in [5.41, 5.74) is 9.27. The molecule has 7 nitrogen and oxygen atoms in total. The molecule has 4 aliphatic heterocycles. The number of nitrogens with zero attached hydrogens (tertiary/aromatic N) is 2. The van der Waals surface area contributed by atoms with Crippen LogP contribution in [-0.2, 0) is 22.7 Å². The van der Waals surface area contributed by atoms with Crippen LogP contribution in [0.25, 0.3) is 0 Å². The number of imide groups is 1. The number of nitrogens with two attached hydrogens (primary N) is 1. The van der Waals surface area contributed by atoms with Crippen molar-refractivity contribution >= 4 is 17.7 Å². The number of benzene rings is 1. The van der Waals surface area contributed by atoms with Crippen molar-refractivity contribution in [3.05, 3.63) is 34.9 Å². The van der Waals surface area contributed by atoms with Crippen LogP contribution in [-0.4, -0.2) is 52.7 Å². The van der Waals surface area contributed by atoms with Gasteiger partial charge in [0.15, 0.2) is 0 Å². The number of nitrogens with one attached hydrogen (secondary N) is 1. The molecule has 7 heteroatoms. The van der Waals surface area contributed by atoms with E-state index in [9.17, 15) is 14.4 Å². The van der Waals surface area contributed by atoms with Crippen LogP contribution >= 0.6 is 0 Å². The zero-order valence-corrected chi connectivity index (χ0v) is 16.7. The quantitative estimate of drug-likeness (QED) is 0.745. The Morgan fingerprint density at radius 2 is 1.93 bits per heavy atom. The highest BCUT2D eigenvalue weighted by Gasteiger charge is 2.44. The third kappa shape index (κ3) is 3.07. The Balaban J connectivity index is 1.37. The first kappa shape index (κ1) is 18.8. The van der Waals surface area contributed by atoms with Crippen LogP contribution < -0.4 is 11.1 Å². The van der Waals surface area contributed by atoms with Crippen molar-refractivity contribution < 1.29 is 14.4 Å². The van der Waals surface area contributed by atoms with E-state index in [4.69, 9.17) is 5.73 Å². The highest BCUT2D eigenvalue weighted by Crippen LogP contribution is 2.44. The van der Waals surface area contributed by atoms with E-state index in [1.165, 1.54) is 31.2 Å². The summed E-state index contributed by atoms with van der Waals surface area (Å²) in [4.78, 5) is 41.0. The van der Waals surface area contributed by atoms with E-state index in [-0.39, 0.29) is 29.6 Å². The van der Waals surface area contributed by atoms with Gasteiger partial charge < -0.3 is 10.6 Å². The topological polar surface area (TPSA) is 95.7 Å². The van der Waals surface area contributed by atoms with Crippen LogP contribution in [0.5, 0.6) is 0 Å². The Labute approximate surface area is 170 Å². The van der Waals surface area contributed by atoms with Gasteiger partial charge in [-0.15, -0.1) is 0 Å². The van der Waals surface area contributed by atoms with E-state index in [0.717, 1.165) is 25.2 Å². The lowest BCUT2D eigenvalue weighted by Crippen LogP contribution is -2.56. The minimum Gasteiger partial charge on any atom is -0.330 e. The van der Waals surface area contributed by atoms with Crippen molar-refractivity contribution in [1.82, 2.24) is 15.1 Å². The maximum absolute atomic E-state index is 13.0. The van der Waals surface area contributed by atoms with Crippen molar-refractivity contribution in [2.45, 2.75) is 63.7 Å². The first-order valence-electron chi connectivity index (χ1n) is 10.7. The predicted molar refractivity (Wildman–Crippen MR) is 107 cm³/mol. The second-order valence-electron chi connectivity index (χ2n) is 9.18. The monoisotopic (exact) mass is 396 g/mol. The molecule has 0 spiro atoms. The van der Waals surface area contributed by atoms with Crippen LogP contribution in [0.3, 0.4) is 0 Å². The lowest BCUT2D eigenvalue weighted by Gasteiger charge is -2.52. The molecule has 154 valence electrons. The number of hydrogen-bond acceptors (Lipinski definition) is 5. The lowest BCUT2D eigenvalue weighted by atomic mass is 9.67. The van der Waals surface area contributed by atoms with Gasteiger partial charge in [-0.05, 0) is 61.3 Å². The molecular formula is C22H28N4O3. The first-order valence-corrected chi connectivity index (χ1v) is 10.7. The van der Waals surface area contributed by atoms with E-state index in [1.807, 2.05) is 12.1 Å². The smallest absolute Gasteiger partial charge is 0.255 e. The molecule has 5 aliphatic rings. The molecule has 6 rings (SSSR count). The molecule has 3 N–H and O–H groups in total. The summed E-state index contributed by atoms with van der Waals surface area (Å²) < 4.78 is 0. The highest BCUT2D eigenvalue weighted by molar-refractivity contribution is 6.05. The standard InChI is InChI=1S/C22H28N4O3/c23-12-22-8-6-15(7-9-22)25(13-22)10-14-2-1-3-16-17(14)11-26(21(16)29)18-4-5-19(27)24-20(18)28/h1-3,15,18H,4-13,23H2,(H,24,27,28). The summed E-state index contributed by atoms with van der Waals surface area (Å²) in [5.74, 6) is -0.720. The van der Waals surface area contributed by atoms with Crippen LogP contribution in [0.2, 0.25) is 0 Å². The molecule has 29 heavy (non-hydrogen) atoms. The molecule has 1 aromatic rings. The van der Waals surface area contributed by atoms with E-state index >= 15 is 0 Å². The van der Waals surface area contributed by atoms with Crippen molar-refractivity contribution in [2.75, 3.05) is 13.1 Å². The Kier molecular flexibility index (Phi) is 4.47. The van der Waals surface area contributed by atoms with E-state index in [0.29, 0.717) is 24.6 Å². The molecule has 0 radical (unpaired) electrons. The van der Waals surface area contributed by atoms with Gasteiger partial charge >= 0.3 is 0 Å². The number of fused-ring (bicyclic) bond motifs is 4. The van der Waals surface area contributed by atoms with Crippen LogP contribution in [0.15, 0.2) is 18.2 Å². The van der Waals surface area contributed by atoms with E-state index in [2.05, 4.69) is 16.3 Å². The normalized spacial score (nSPS) is 31.9. The molecule has 1 unspecified atom stereocenters. The predicted octanol–water partition coefficient (Wildman–Crippen LogP) is 1.15. The molecule has 3 amide bonds. The Morgan fingerprint density at radius 3 is 2.66 bits per heavy atom. The molecule has 0 aromatic heterocycles. The van der Waals surface area contributed by atoms with Gasteiger partial charge in [-0.3, -0.25) is 24.6 Å². The maximum Gasteiger partial charge on any atom is 0.255 e. The average molecular weight is 396 g/mol. The average Bonchev–Trinajstić information content (AvgIpc) is 3.07. The third-order valence-corrected chi connectivity index (χ3v) is 7.56. The van der Waals surface area contributed by atoms with Gasteiger partial charge in [0.05, 0.1) is 0 Å². The van der Waals surface area contributed by atoms with Gasteiger partial charge in [0.2, 0.25) is 11.8 Å². The fourth-order valence-corrected chi connectivity index (χ4v) is 5.77. The van der Waals surface area contributed by atoms with Crippen molar-refractivity contribution in [1.29, 1.82) is 0 Å². The van der Waals surface area contributed by atoms with Crippen molar-refractivity contribution in [3.63, 3.8) is 0 Å². The minimum absolute atomic E-state index is 0.102. The van der Waals surface area contributed by atoms with E-state index in [1.54, 1.807) is 4.90 Å². The molecule has 1 atom stereocenters. The summed E-state index contributed by atoms with van der Waals surface area (Å²) in [6, 6.07) is 5.95. The maximum atomic E-state index is 13.0. The number of amides is 3. The molecule has 1 saturated carbocycles. The SMILES string of the molecule is NCC12CCC(CC1)N(Cc1cccc3c1CN(C1CCC(=O)NC1=O)C3=O)C2. The first-order chi connectivity index (χ1) is 14.0. The Hall–Kier alpha value is -2.25. The van der Waals surface area contributed by atoms with Crippen LogP contribution in [0.1, 0.15) is 60.0 Å². The number of hydrogen-bond donors (Lipinski definition) is 2. The summed E-state index contributed by atoms with van der Waals surface area (Å²) in [5, 5.41) is 2.37. The third-order valence-electron chi connectivity index (χ3n) is 7.56. The van der Waals surface area contributed by atoms with Gasteiger partial charge in [0.1, 0.15) is 6.04 Å². The van der Waals surface area contributed by atoms with Crippen molar-refractivity contribution in [3.8, 4) is 0 Å². The number of carbonyl (C=O) groups is 3. The van der Waals surface area contributed by atoms with Gasteiger partial charge in [0.25, 0.3) is 5.91 Å². The fourth-order valence-electron chi connectivity index (χ4n) is 5.77.